The number of nitrogens with one attached hydrogen (secondary N) is 2. The molecular formula is C18H23N3O3. The second kappa shape index (κ2) is 6.02. The molecule has 1 aromatic rings. The van der Waals surface area contributed by atoms with Crippen molar-refractivity contribution in [2.75, 3.05) is 25.5 Å². The summed E-state index contributed by atoms with van der Waals surface area (Å²) >= 11 is 0. The maximum atomic E-state index is 13.0. The number of rotatable bonds is 2. The number of carbonyl (C=O) groups excluding carboxylic acids is 3. The monoisotopic (exact) mass is 329 g/mol. The van der Waals surface area contributed by atoms with Crippen LogP contribution in [0.2, 0.25) is 0 Å². The van der Waals surface area contributed by atoms with Crippen LogP contribution >= 0.6 is 0 Å². The van der Waals surface area contributed by atoms with Crippen LogP contribution in [0.5, 0.6) is 0 Å². The summed E-state index contributed by atoms with van der Waals surface area (Å²) < 4.78 is 0. The summed E-state index contributed by atoms with van der Waals surface area (Å²) in [5.74, 6) is -2.62. The Morgan fingerprint density at radius 2 is 2.04 bits per heavy atom. The Kier molecular flexibility index (Phi) is 4.17. The lowest BCUT2D eigenvalue weighted by Gasteiger charge is -2.48. The molecule has 1 unspecified atom stereocenters. The number of carbonyl (C=O) groups is 3. The summed E-state index contributed by atoms with van der Waals surface area (Å²) in [5, 5.41) is 5.62. The number of hydrogen-bond donors (Lipinski definition) is 2. The van der Waals surface area contributed by atoms with E-state index in [1.807, 2.05) is 33.0 Å². The van der Waals surface area contributed by atoms with E-state index >= 15 is 0 Å². The number of para-hydroxylation sites is 1. The van der Waals surface area contributed by atoms with Crippen LogP contribution in [0.4, 0.5) is 5.69 Å². The third kappa shape index (κ3) is 2.71. The Bertz CT molecular complexity index is 703. The van der Waals surface area contributed by atoms with Gasteiger partial charge in [-0.15, -0.1) is 0 Å². The molecule has 0 radical (unpaired) electrons. The predicted molar refractivity (Wildman–Crippen MR) is 90.5 cm³/mol. The lowest BCUT2D eigenvalue weighted by atomic mass is 9.67. The summed E-state index contributed by atoms with van der Waals surface area (Å²) in [4.78, 5) is 40.1. The van der Waals surface area contributed by atoms with Gasteiger partial charge in [-0.1, -0.05) is 18.2 Å². The van der Waals surface area contributed by atoms with E-state index in [0.29, 0.717) is 12.2 Å². The first kappa shape index (κ1) is 16.6. The van der Waals surface area contributed by atoms with Crippen LogP contribution in [0.1, 0.15) is 18.9 Å². The van der Waals surface area contributed by atoms with E-state index in [1.54, 1.807) is 12.1 Å². The molecule has 24 heavy (non-hydrogen) atoms. The van der Waals surface area contributed by atoms with Gasteiger partial charge < -0.3 is 15.5 Å². The van der Waals surface area contributed by atoms with Crippen LogP contribution in [-0.4, -0.2) is 48.7 Å². The van der Waals surface area contributed by atoms with Gasteiger partial charge in [0.1, 0.15) is 0 Å². The van der Waals surface area contributed by atoms with Crippen molar-refractivity contribution in [2.45, 2.75) is 26.3 Å². The molecule has 2 heterocycles. The van der Waals surface area contributed by atoms with Gasteiger partial charge in [0.2, 0.25) is 11.8 Å². The van der Waals surface area contributed by atoms with Crippen molar-refractivity contribution in [3.05, 3.63) is 29.8 Å². The Morgan fingerprint density at radius 1 is 1.33 bits per heavy atom. The quantitative estimate of drug-likeness (QED) is 0.792. The second-order valence-corrected chi connectivity index (χ2v) is 7.11. The van der Waals surface area contributed by atoms with Crippen molar-refractivity contribution in [1.82, 2.24) is 10.2 Å². The smallest absolute Gasteiger partial charge is 0.244 e. The number of amides is 2. The van der Waals surface area contributed by atoms with Crippen LogP contribution in [0.3, 0.4) is 0 Å². The maximum absolute atomic E-state index is 13.0. The molecule has 0 saturated carbocycles. The van der Waals surface area contributed by atoms with Crippen molar-refractivity contribution >= 4 is 23.3 Å². The van der Waals surface area contributed by atoms with Crippen LogP contribution in [0.15, 0.2) is 24.3 Å². The fraction of sp³-hybridized carbons (Fsp3) is 0.500. The second-order valence-electron chi connectivity index (χ2n) is 7.11. The molecule has 3 atom stereocenters. The van der Waals surface area contributed by atoms with E-state index in [9.17, 15) is 14.4 Å². The zero-order valence-corrected chi connectivity index (χ0v) is 14.3. The molecule has 0 aromatic heterocycles. The molecule has 6 nitrogen and oxygen atoms in total. The van der Waals surface area contributed by atoms with Crippen LogP contribution in [0.25, 0.3) is 0 Å². The number of ketones is 1. The highest BCUT2D eigenvalue weighted by Gasteiger charge is 2.55. The predicted octanol–water partition coefficient (Wildman–Crippen LogP) is 0.959. The summed E-state index contributed by atoms with van der Waals surface area (Å²) in [6.07, 6.45) is 0.719. The molecule has 2 aliphatic heterocycles. The molecule has 2 saturated heterocycles. The first-order valence-corrected chi connectivity index (χ1v) is 8.22. The molecule has 2 fully saturated rings. The normalized spacial score (nSPS) is 30.5. The molecule has 2 N–H and O–H groups in total. The van der Waals surface area contributed by atoms with E-state index in [1.165, 1.54) is 0 Å². The highest BCUT2D eigenvalue weighted by atomic mass is 16.2. The van der Waals surface area contributed by atoms with Gasteiger partial charge in [0, 0.05) is 18.3 Å². The Balaban J connectivity index is 1.85. The van der Waals surface area contributed by atoms with E-state index < -0.39 is 23.1 Å². The van der Waals surface area contributed by atoms with Crippen LogP contribution in [0, 0.1) is 18.3 Å². The highest BCUT2D eigenvalue weighted by molar-refractivity contribution is 6.24. The first-order valence-electron chi connectivity index (χ1n) is 8.22. The number of aryl methyl sites for hydroxylation is 1. The summed E-state index contributed by atoms with van der Waals surface area (Å²) in [6, 6.07) is 7.10. The minimum Gasteiger partial charge on any atom is -0.351 e. The minimum absolute atomic E-state index is 0.198. The zero-order chi connectivity index (χ0) is 17.5. The van der Waals surface area contributed by atoms with Crippen molar-refractivity contribution in [2.24, 2.45) is 11.3 Å². The molecule has 0 spiro atoms. The fourth-order valence-corrected chi connectivity index (χ4v) is 3.76. The van der Waals surface area contributed by atoms with Gasteiger partial charge >= 0.3 is 0 Å². The van der Waals surface area contributed by atoms with Gasteiger partial charge in [-0.2, -0.15) is 0 Å². The number of anilines is 1. The topological polar surface area (TPSA) is 78.5 Å². The first-order chi connectivity index (χ1) is 11.3. The molecule has 128 valence electrons. The number of nitrogens with zero attached hydrogens (tertiary/aromatic N) is 1. The van der Waals surface area contributed by atoms with E-state index in [4.69, 9.17) is 0 Å². The number of hydrogen-bond acceptors (Lipinski definition) is 4. The Labute approximate surface area is 141 Å². The molecule has 3 rings (SSSR count). The third-order valence-corrected chi connectivity index (χ3v) is 5.24. The average molecular weight is 329 g/mol. The summed E-state index contributed by atoms with van der Waals surface area (Å²) in [7, 11) is 1.95. The lowest BCUT2D eigenvalue weighted by molar-refractivity contribution is -0.153. The fourth-order valence-electron chi connectivity index (χ4n) is 3.76. The van der Waals surface area contributed by atoms with Gasteiger partial charge in [0.05, 0.1) is 5.41 Å². The van der Waals surface area contributed by atoms with Gasteiger partial charge in [-0.05, 0) is 45.5 Å². The van der Waals surface area contributed by atoms with Crippen molar-refractivity contribution in [1.29, 1.82) is 0 Å². The maximum Gasteiger partial charge on any atom is 0.244 e. The summed E-state index contributed by atoms with van der Waals surface area (Å²) in [5.41, 5.74) is 0.779. The number of benzene rings is 1. The highest BCUT2D eigenvalue weighted by Crippen LogP contribution is 2.36. The Hall–Kier alpha value is -2.21. The summed E-state index contributed by atoms with van der Waals surface area (Å²) in [6.45, 7) is 5.09. The molecule has 6 heteroatoms. The Morgan fingerprint density at radius 3 is 2.75 bits per heavy atom. The van der Waals surface area contributed by atoms with Crippen molar-refractivity contribution in [3.63, 3.8) is 0 Å². The third-order valence-electron chi connectivity index (χ3n) is 5.24. The molecule has 2 aliphatic rings. The van der Waals surface area contributed by atoms with Gasteiger partial charge in [-0.25, -0.2) is 0 Å². The average Bonchev–Trinajstić information content (AvgIpc) is 2.51. The van der Waals surface area contributed by atoms with Crippen molar-refractivity contribution in [3.8, 4) is 0 Å². The minimum atomic E-state index is -1.29. The van der Waals surface area contributed by atoms with E-state index in [2.05, 4.69) is 15.5 Å². The SMILES string of the molecule is Cc1ccccc1NC(=O)C1C(=O)N[C@H]2CCN(C)C[C@]2(C)C1=O. The van der Waals surface area contributed by atoms with E-state index in [-0.39, 0.29) is 11.8 Å². The van der Waals surface area contributed by atoms with Crippen molar-refractivity contribution < 1.29 is 14.4 Å². The number of fused-ring (bicyclic) bond motifs is 1. The zero-order valence-electron chi connectivity index (χ0n) is 14.3. The largest absolute Gasteiger partial charge is 0.351 e. The van der Waals surface area contributed by atoms with Gasteiger partial charge in [-0.3, -0.25) is 14.4 Å². The molecule has 1 aromatic carbocycles. The number of piperidine rings is 2. The van der Waals surface area contributed by atoms with Crippen LogP contribution in [-0.2, 0) is 14.4 Å². The number of Topliss-reactive ketones (excluding diaryl/α,β-unsaturated/α-hetero) is 1. The van der Waals surface area contributed by atoms with Crippen LogP contribution < -0.4 is 10.6 Å². The number of likely N-dealkylation sites (tertiary alicyclic amines) is 1. The molecule has 2 amide bonds. The van der Waals surface area contributed by atoms with Gasteiger partial charge in [0.15, 0.2) is 11.7 Å². The molecular weight excluding hydrogens is 306 g/mol. The molecule has 0 bridgehead atoms. The van der Waals surface area contributed by atoms with E-state index in [0.717, 1.165) is 18.5 Å². The van der Waals surface area contributed by atoms with Gasteiger partial charge in [0.25, 0.3) is 0 Å². The molecule has 0 aliphatic carbocycles. The lowest BCUT2D eigenvalue weighted by Crippen LogP contribution is -2.68. The standard InChI is InChI=1S/C18H23N3O3/c1-11-6-4-5-7-12(11)19-16(23)14-15(22)18(2)10-21(3)9-8-13(18)20-17(14)24/h4-7,13-14H,8-10H2,1-3H3,(H,19,23)(H,20,24)/t13-,14?,18-/m0/s1.